The Morgan fingerprint density at radius 3 is 2.55 bits per heavy atom. The fraction of sp³-hybridized carbons (Fsp3) is 0.333. The van der Waals surface area contributed by atoms with E-state index in [1.165, 1.54) is 48.3 Å². The number of hydrogen-bond donors (Lipinski definition) is 3. The lowest BCUT2D eigenvalue weighted by atomic mass is 9.75. The van der Waals surface area contributed by atoms with Gasteiger partial charge in [-0.05, 0) is 55.7 Å². The zero-order chi connectivity index (χ0) is 30.6. The molecule has 2 heterocycles. The number of fused-ring (bicyclic) bond motifs is 1. The zero-order valence-electron chi connectivity index (χ0n) is 23.5. The topological polar surface area (TPSA) is 103 Å². The third-order valence-corrected chi connectivity index (χ3v) is 8.84. The highest BCUT2D eigenvalue weighted by Crippen LogP contribution is 2.47. The maximum atomic E-state index is 14.1. The Morgan fingerprint density at radius 2 is 1.90 bits per heavy atom. The second kappa shape index (κ2) is 10.5. The summed E-state index contributed by atoms with van der Waals surface area (Å²) in [5.41, 5.74) is 13.1. The molecule has 7 nitrogen and oxygen atoms in total. The van der Waals surface area contributed by atoms with Gasteiger partial charge in [0.2, 0.25) is 0 Å². The molecule has 4 aromatic rings. The van der Waals surface area contributed by atoms with Crippen LogP contribution >= 0.6 is 11.6 Å². The van der Waals surface area contributed by atoms with Crippen molar-refractivity contribution in [2.75, 3.05) is 12.4 Å². The molecule has 0 radical (unpaired) electrons. The van der Waals surface area contributed by atoms with E-state index < -0.39 is 23.1 Å². The standard InChI is InChI=1S/C30H31ClF4N6O/c1-28(2)25(9-10-29(28,3)37)40-26-20(27(36)39-23-12-17(32)5-8-22(23)31)14-38-41-15-16(11-24(26)41)19-7-6-18(42-4)13-21(19)30(33,34)35/h5-8,11-15,25,40H,9-10,37H2,1-4H3,(H2,36,39)/t25-,29+/m1/s1. The third kappa shape index (κ3) is 5.27. The molecule has 222 valence electrons. The summed E-state index contributed by atoms with van der Waals surface area (Å²) in [7, 11) is 1.31. The molecular weight excluding hydrogens is 572 g/mol. The van der Waals surface area contributed by atoms with Crippen LogP contribution in [0.25, 0.3) is 16.6 Å². The maximum absolute atomic E-state index is 14.1. The molecular formula is C30H31ClF4N6O. The number of benzene rings is 2. The van der Waals surface area contributed by atoms with E-state index in [-0.39, 0.29) is 44.9 Å². The molecule has 0 aliphatic heterocycles. The molecule has 2 aromatic heterocycles. The van der Waals surface area contributed by atoms with Gasteiger partial charge in [0.25, 0.3) is 0 Å². The van der Waals surface area contributed by atoms with E-state index in [9.17, 15) is 17.6 Å². The van der Waals surface area contributed by atoms with Gasteiger partial charge in [0.05, 0.1) is 46.3 Å². The minimum atomic E-state index is -4.63. The van der Waals surface area contributed by atoms with Gasteiger partial charge < -0.3 is 21.5 Å². The number of aromatic nitrogens is 2. The molecule has 0 unspecified atom stereocenters. The van der Waals surface area contributed by atoms with Crippen molar-refractivity contribution >= 4 is 34.3 Å². The maximum Gasteiger partial charge on any atom is 0.417 e. The lowest BCUT2D eigenvalue weighted by molar-refractivity contribution is -0.137. The van der Waals surface area contributed by atoms with Crippen LogP contribution < -0.4 is 21.5 Å². The van der Waals surface area contributed by atoms with Gasteiger partial charge in [0, 0.05) is 34.8 Å². The smallest absolute Gasteiger partial charge is 0.417 e. The van der Waals surface area contributed by atoms with Gasteiger partial charge in [-0.3, -0.25) is 0 Å². The van der Waals surface area contributed by atoms with Crippen molar-refractivity contribution in [2.45, 2.75) is 51.4 Å². The van der Waals surface area contributed by atoms with Gasteiger partial charge in [-0.1, -0.05) is 31.5 Å². The molecule has 0 bridgehead atoms. The summed E-state index contributed by atoms with van der Waals surface area (Å²) in [6.45, 7) is 6.13. The van der Waals surface area contributed by atoms with E-state index in [0.717, 1.165) is 25.0 Å². The molecule has 2 atom stereocenters. The first kappa shape index (κ1) is 29.7. The number of aliphatic imine (C=N–C) groups is 1. The van der Waals surface area contributed by atoms with Crippen molar-refractivity contribution in [3.05, 3.63) is 76.8 Å². The van der Waals surface area contributed by atoms with Crippen molar-refractivity contribution in [2.24, 2.45) is 21.9 Å². The Morgan fingerprint density at radius 1 is 1.17 bits per heavy atom. The van der Waals surface area contributed by atoms with Crippen molar-refractivity contribution in [3.8, 4) is 16.9 Å². The van der Waals surface area contributed by atoms with E-state index in [2.05, 4.69) is 29.3 Å². The summed E-state index contributed by atoms with van der Waals surface area (Å²) in [6, 6.07) is 9.04. The molecule has 0 saturated heterocycles. The average molecular weight is 603 g/mol. The van der Waals surface area contributed by atoms with Gasteiger partial charge in [0.1, 0.15) is 17.4 Å². The monoisotopic (exact) mass is 602 g/mol. The normalized spacial score (nSPS) is 20.7. The molecule has 2 aromatic carbocycles. The van der Waals surface area contributed by atoms with Crippen LogP contribution in [0.1, 0.15) is 44.7 Å². The average Bonchev–Trinajstić information content (AvgIpc) is 3.44. The molecule has 5 rings (SSSR count). The summed E-state index contributed by atoms with van der Waals surface area (Å²) < 4.78 is 62.7. The van der Waals surface area contributed by atoms with Crippen LogP contribution in [0.15, 0.2) is 59.9 Å². The number of anilines is 1. The van der Waals surface area contributed by atoms with E-state index >= 15 is 0 Å². The van der Waals surface area contributed by atoms with Crippen LogP contribution in [0.2, 0.25) is 5.02 Å². The summed E-state index contributed by atoms with van der Waals surface area (Å²) in [4.78, 5) is 4.37. The van der Waals surface area contributed by atoms with Gasteiger partial charge in [0.15, 0.2) is 0 Å². The van der Waals surface area contributed by atoms with Crippen molar-refractivity contribution in [1.29, 1.82) is 0 Å². The van der Waals surface area contributed by atoms with Crippen LogP contribution in [0.3, 0.4) is 0 Å². The number of alkyl halides is 3. The van der Waals surface area contributed by atoms with E-state index in [0.29, 0.717) is 16.8 Å². The SMILES string of the molecule is COc1ccc(-c2cc3c(N[C@@H]4CC[C@](C)(N)C4(C)C)c(C(N)=Nc4cc(F)ccc4Cl)cnn3c2)c(C(F)(F)F)c1. The Labute approximate surface area is 245 Å². The number of ether oxygens (including phenoxy) is 1. The molecule has 0 amide bonds. The Hall–Kier alpha value is -3.83. The minimum Gasteiger partial charge on any atom is -0.497 e. The van der Waals surface area contributed by atoms with Crippen LogP contribution in [-0.4, -0.2) is 34.1 Å². The Kier molecular flexibility index (Phi) is 7.39. The van der Waals surface area contributed by atoms with Gasteiger partial charge in [-0.25, -0.2) is 13.9 Å². The second-order valence-electron chi connectivity index (χ2n) is 11.4. The first-order valence-corrected chi connectivity index (χ1v) is 13.6. The van der Waals surface area contributed by atoms with Gasteiger partial charge in [-0.2, -0.15) is 18.3 Å². The third-order valence-electron chi connectivity index (χ3n) is 8.52. The van der Waals surface area contributed by atoms with Crippen molar-refractivity contribution in [1.82, 2.24) is 9.61 Å². The lowest BCUT2D eigenvalue weighted by Gasteiger charge is -2.39. The number of hydrogen-bond acceptors (Lipinski definition) is 5. The van der Waals surface area contributed by atoms with Crippen LogP contribution in [0, 0.1) is 11.2 Å². The predicted molar refractivity (Wildman–Crippen MR) is 157 cm³/mol. The van der Waals surface area contributed by atoms with Gasteiger partial charge in [-0.15, -0.1) is 0 Å². The Balaban J connectivity index is 1.70. The molecule has 1 aliphatic carbocycles. The second-order valence-corrected chi connectivity index (χ2v) is 11.8. The molecule has 12 heteroatoms. The van der Waals surface area contributed by atoms with Crippen LogP contribution in [-0.2, 0) is 6.18 Å². The number of rotatable bonds is 6. The molecule has 42 heavy (non-hydrogen) atoms. The summed E-state index contributed by atoms with van der Waals surface area (Å²) in [6.07, 6.45) is -0.147. The molecule has 1 fully saturated rings. The fourth-order valence-corrected chi connectivity index (χ4v) is 5.56. The molecule has 5 N–H and O–H groups in total. The number of nitrogens with two attached hydrogens (primary N) is 2. The van der Waals surface area contributed by atoms with Crippen molar-refractivity contribution < 1.29 is 22.3 Å². The number of nitrogens with zero attached hydrogens (tertiary/aromatic N) is 3. The molecule has 0 spiro atoms. The van der Waals surface area contributed by atoms with Crippen LogP contribution in [0.5, 0.6) is 5.75 Å². The number of halogens is 5. The molecule has 1 saturated carbocycles. The summed E-state index contributed by atoms with van der Waals surface area (Å²) >= 11 is 6.23. The summed E-state index contributed by atoms with van der Waals surface area (Å²) in [5.74, 6) is -0.454. The predicted octanol–water partition coefficient (Wildman–Crippen LogP) is 7.18. The zero-order valence-corrected chi connectivity index (χ0v) is 24.2. The van der Waals surface area contributed by atoms with E-state index in [1.807, 2.05) is 6.92 Å². The fourth-order valence-electron chi connectivity index (χ4n) is 5.40. The highest BCUT2D eigenvalue weighted by Gasteiger charge is 2.49. The first-order valence-electron chi connectivity index (χ1n) is 13.2. The minimum absolute atomic E-state index is 0.00510. The number of amidine groups is 1. The number of nitrogens with one attached hydrogen (secondary N) is 1. The van der Waals surface area contributed by atoms with Gasteiger partial charge >= 0.3 is 6.18 Å². The largest absolute Gasteiger partial charge is 0.497 e. The highest BCUT2D eigenvalue weighted by atomic mass is 35.5. The summed E-state index contributed by atoms with van der Waals surface area (Å²) in [5, 5.41) is 8.20. The Bertz CT molecular complexity index is 1700. The molecule has 1 aliphatic rings. The lowest BCUT2D eigenvalue weighted by Crippen LogP contribution is -2.51. The highest BCUT2D eigenvalue weighted by molar-refractivity contribution is 6.33. The quantitative estimate of drug-likeness (QED) is 0.123. The van der Waals surface area contributed by atoms with Crippen molar-refractivity contribution in [3.63, 3.8) is 0 Å². The first-order chi connectivity index (χ1) is 19.6. The number of methoxy groups -OCH3 is 1. The van der Waals surface area contributed by atoms with E-state index in [4.69, 9.17) is 27.8 Å². The van der Waals surface area contributed by atoms with Crippen LogP contribution in [0.4, 0.5) is 28.9 Å². The van der Waals surface area contributed by atoms with E-state index in [1.54, 1.807) is 6.07 Å².